The van der Waals surface area contributed by atoms with Gasteiger partial charge in [-0.05, 0) is 6.92 Å². The van der Waals surface area contributed by atoms with Crippen LogP contribution >= 0.6 is 0 Å². The first-order valence-electron chi connectivity index (χ1n) is 11.1. The third-order valence-corrected chi connectivity index (χ3v) is 6.03. The highest BCUT2D eigenvalue weighted by molar-refractivity contribution is 6.95. The van der Waals surface area contributed by atoms with E-state index in [4.69, 9.17) is 0 Å². The second-order valence-electron chi connectivity index (χ2n) is 8.58. The van der Waals surface area contributed by atoms with Crippen LogP contribution in [0.4, 0.5) is 87.8 Å². The van der Waals surface area contributed by atoms with Crippen LogP contribution in [0.15, 0.2) is 0 Å². The van der Waals surface area contributed by atoms with Crippen molar-refractivity contribution < 1.29 is 87.8 Å². The first kappa shape index (κ1) is 36.0. The molecule has 0 amide bonds. The fourth-order valence-corrected chi connectivity index (χ4v) is 3.77. The van der Waals surface area contributed by atoms with Gasteiger partial charge in [0.15, 0.2) is 111 Å². The van der Waals surface area contributed by atoms with Gasteiger partial charge in [-0.15, -0.1) is 0 Å². The summed E-state index contributed by atoms with van der Waals surface area (Å²) < 4.78 is 270. The highest BCUT2D eigenvalue weighted by atomic mass is 19.2. The van der Waals surface area contributed by atoms with E-state index >= 15 is 0 Å². The Bertz CT molecular complexity index is 1560. The Labute approximate surface area is 240 Å². The van der Waals surface area contributed by atoms with Crippen LogP contribution in [-0.2, 0) is 0 Å². The lowest BCUT2D eigenvalue weighted by molar-refractivity contribution is 0.373. The minimum atomic E-state index is -3.96. The minimum absolute atomic E-state index is 0.816. The number of halogens is 20. The third kappa shape index (κ3) is 5.48. The summed E-state index contributed by atoms with van der Waals surface area (Å²) in [6.45, 7) is -3.14. The van der Waals surface area contributed by atoms with Gasteiger partial charge in [-0.2, -0.15) is 0 Å². The Morgan fingerprint density at radius 3 is 0.522 bits per heavy atom. The average Bonchev–Trinajstić information content (AvgIpc) is 3.03. The number of hydrogen-bond donors (Lipinski definition) is 0. The van der Waals surface area contributed by atoms with E-state index in [-0.39, 0.29) is 0 Å². The number of hydrogen-bond acceptors (Lipinski definition) is 0. The maximum atomic E-state index is 14.4. The van der Waals surface area contributed by atoms with Crippen molar-refractivity contribution in [3.63, 3.8) is 0 Å². The zero-order valence-electron chi connectivity index (χ0n) is 21.1. The molecule has 0 N–H and O–H groups in total. The topological polar surface area (TPSA) is 0 Å². The zero-order valence-corrected chi connectivity index (χ0v) is 21.1. The molecule has 0 bridgehead atoms. The highest BCUT2D eigenvalue weighted by Crippen LogP contribution is 2.24. The Hall–Kier alpha value is -4.46. The second kappa shape index (κ2) is 12.7. The SMILES string of the molecule is Cc1c(F)c(F)c(F)c(F)c1F.Fc1c(F)c(F)c(B(c2c(F)c(F)c(F)c(F)c2F)c2c(F)c(F)c(F)c(F)c2F)c(F)c1F. The lowest BCUT2D eigenvalue weighted by Gasteiger charge is -2.21. The van der Waals surface area contributed by atoms with Gasteiger partial charge in [-0.3, -0.25) is 0 Å². The van der Waals surface area contributed by atoms with Crippen LogP contribution < -0.4 is 16.4 Å². The predicted molar refractivity (Wildman–Crippen MR) is 114 cm³/mol. The van der Waals surface area contributed by atoms with Gasteiger partial charge in [0, 0.05) is 22.0 Å². The van der Waals surface area contributed by atoms with Crippen LogP contribution in [-0.4, -0.2) is 6.71 Å². The summed E-state index contributed by atoms with van der Waals surface area (Å²) in [4.78, 5) is 0. The van der Waals surface area contributed by atoms with Crippen molar-refractivity contribution in [2.24, 2.45) is 0 Å². The molecule has 0 atom stereocenters. The maximum Gasteiger partial charge on any atom is 0.265 e. The summed E-state index contributed by atoms with van der Waals surface area (Å²) in [5.74, 6) is -54.7. The molecular weight excluding hydrogens is 691 g/mol. The lowest BCUT2D eigenvalue weighted by atomic mass is 9.36. The normalized spacial score (nSPS) is 11.2. The van der Waals surface area contributed by atoms with Gasteiger partial charge in [0.1, 0.15) is 0 Å². The summed E-state index contributed by atoms with van der Waals surface area (Å²) in [5.41, 5.74) is -8.90. The van der Waals surface area contributed by atoms with Crippen LogP contribution in [0.3, 0.4) is 0 Å². The summed E-state index contributed by atoms with van der Waals surface area (Å²) in [6, 6.07) is 0. The van der Waals surface area contributed by atoms with Crippen LogP contribution in [0.5, 0.6) is 0 Å². The largest absolute Gasteiger partial charge is 0.265 e. The van der Waals surface area contributed by atoms with Gasteiger partial charge >= 0.3 is 0 Å². The molecule has 0 spiro atoms. The quantitative estimate of drug-likeness (QED) is 0.0941. The van der Waals surface area contributed by atoms with E-state index < -0.39 is 145 Å². The van der Waals surface area contributed by atoms with Crippen molar-refractivity contribution in [2.45, 2.75) is 6.92 Å². The first-order chi connectivity index (χ1) is 21.1. The van der Waals surface area contributed by atoms with Crippen molar-refractivity contribution in [2.75, 3.05) is 0 Å². The molecule has 0 heterocycles. The molecule has 4 rings (SSSR count). The fraction of sp³-hybridized carbons (Fsp3) is 0.0400. The van der Waals surface area contributed by atoms with E-state index in [1.807, 2.05) is 0 Å². The molecule has 0 aliphatic rings. The molecule has 0 saturated carbocycles. The zero-order chi connectivity index (χ0) is 35.4. The van der Waals surface area contributed by atoms with E-state index in [9.17, 15) is 87.8 Å². The van der Waals surface area contributed by atoms with E-state index in [1.165, 1.54) is 0 Å². The van der Waals surface area contributed by atoms with Crippen molar-refractivity contribution in [1.29, 1.82) is 0 Å². The third-order valence-electron chi connectivity index (χ3n) is 6.03. The minimum Gasteiger partial charge on any atom is -0.204 e. The summed E-state index contributed by atoms with van der Waals surface area (Å²) in [5, 5.41) is 0. The molecular formula is C25H3BF20. The van der Waals surface area contributed by atoms with Crippen molar-refractivity contribution in [3.05, 3.63) is 122 Å². The van der Waals surface area contributed by atoms with E-state index in [1.54, 1.807) is 0 Å². The number of rotatable bonds is 3. The molecule has 0 aliphatic heterocycles. The Morgan fingerprint density at radius 2 is 0.348 bits per heavy atom. The van der Waals surface area contributed by atoms with Crippen LogP contribution in [0, 0.1) is 123 Å². The van der Waals surface area contributed by atoms with Crippen molar-refractivity contribution in [1.82, 2.24) is 0 Å². The second-order valence-corrected chi connectivity index (χ2v) is 8.58. The van der Waals surface area contributed by atoms with Crippen molar-refractivity contribution in [3.8, 4) is 0 Å². The number of benzene rings is 4. The summed E-state index contributed by atoms with van der Waals surface area (Å²) in [6.07, 6.45) is 0. The van der Waals surface area contributed by atoms with Gasteiger partial charge in [-0.25, -0.2) is 87.8 Å². The molecule has 46 heavy (non-hydrogen) atoms. The smallest absolute Gasteiger partial charge is 0.204 e. The summed E-state index contributed by atoms with van der Waals surface area (Å²) >= 11 is 0. The van der Waals surface area contributed by atoms with Gasteiger partial charge < -0.3 is 0 Å². The van der Waals surface area contributed by atoms with Crippen LogP contribution in [0.1, 0.15) is 5.56 Å². The summed E-state index contributed by atoms with van der Waals surface area (Å²) in [7, 11) is 0. The molecule has 0 unspecified atom stereocenters. The van der Waals surface area contributed by atoms with Crippen LogP contribution in [0.25, 0.3) is 0 Å². The monoisotopic (exact) mass is 694 g/mol. The first-order valence-corrected chi connectivity index (χ1v) is 11.1. The molecule has 21 heteroatoms. The van der Waals surface area contributed by atoms with Gasteiger partial charge in [0.05, 0.1) is 0 Å². The fourth-order valence-electron chi connectivity index (χ4n) is 3.77. The van der Waals surface area contributed by atoms with Gasteiger partial charge in [0.25, 0.3) is 6.71 Å². The molecule has 246 valence electrons. The average molecular weight is 694 g/mol. The molecule has 0 fully saturated rings. The molecule has 4 aromatic rings. The molecule has 0 aliphatic carbocycles. The molecule has 0 nitrogen and oxygen atoms in total. The van der Waals surface area contributed by atoms with Crippen LogP contribution in [0.2, 0.25) is 0 Å². The Morgan fingerprint density at radius 1 is 0.217 bits per heavy atom. The predicted octanol–water partition coefficient (Wildman–Crippen LogP) is 6.98. The van der Waals surface area contributed by atoms with E-state index in [0.717, 1.165) is 6.92 Å². The van der Waals surface area contributed by atoms with Gasteiger partial charge in [-0.1, -0.05) is 0 Å². The molecule has 4 aromatic carbocycles. The molecule has 0 aromatic heterocycles. The standard InChI is InChI=1S/C18BF15.C7H3F5/c20-4-1(5(21)11(27)16(32)10(4)26)19(2-6(22)12(28)17(33)13(29)7(2)23)3-8(24)14(30)18(34)15(31)9(3)25;1-2-3(8)5(10)7(12)6(11)4(2)9/h;1H3. The van der Waals surface area contributed by atoms with E-state index in [2.05, 4.69) is 0 Å². The molecule has 0 saturated heterocycles. The Balaban J connectivity index is 0.000000402. The van der Waals surface area contributed by atoms with Gasteiger partial charge in [0.2, 0.25) is 5.82 Å². The lowest BCUT2D eigenvalue weighted by Crippen LogP contribution is -2.60. The Kier molecular flexibility index (Phi) is 9.98. The highest BCUT2D eigenvalue weighted by Gasteiger charge is 2.45. The van der Waals surface area contributed by atoms with E-state index in [0.29, 0.717) is 0 Å². The molecule has 0 radical (unpaired) electrons. The van der Waals surface area contributed by atoms with Crippen molar-refractivity contribution >= 4 is 23.1 Å². The maximum absolute atomic E-state index is 14.4.